The molecule has 12 heavy (non-hydrogen) atoms. The summed E-state index contributed by atoms with van der Waals surface area (Å²) in [5.74, 6) is 0.735. The zero-order valence-electron chi connectivity index (χ0n) is 7.75. The minimum absolute atomic E-state index is 0.135. The van der Waals surface area contributed by atoms with Crippen LogP contribution < -0.4 is 0 Å². The fraction of sp³-hybridized carbons (Fsp3) is 0.900. The maximum Gasteiger partial charge on any atom is 0.0725 e. The largest absolute Gasteiger partial charge is 0.383 e. The minimum atomic E-state index is 0.135. The molecule has 1 aliphatic carbocycles. The maximum absolute atomic E-state index is 8.88. The Hall–Kier alpha value is -0.550. The van der Waals surface area contributed by atoms with E-state index < -0.39 is 0 Å². The second kappa shape index (κ2) is 5.16. The van der Waals surface area contributed by atoms with E-state index in [1.54, 1.807) is 7.11 Å². The van der Waals surface area contributed by atoms with Crippen LogP contribution in [0.5, 0.6) is 0 Å². The van der Waals surface area contributed by atoms with Crippen molar-refractivity contribution in [3.8, 4) is 6.07 Å². The number of hydrogen-bond donors (Lipinski definition) is 0. The summed E-state index contributed by atoms with van der Waals surface area (Å²) in [6.45, 7) is 0.612. The molecule has 1 aliphatic rings. The smallest absolute Gasteiger partial charge is 0.0725 e. The van der Waals surface area contributed by atoms with Gasteiger partial charge in [-0.1, -0.05) is 19.3 Å². The molecule has 0 aromatic heterocycles. The van der Waals surface area contributed by atoms with Crippen molar-refractivity contribution in [3.63, 3.8) is 0 Å². The van der Waals surface area contributed by atoms with Gasteiger partial charge >= 0.3 is 0 Å². The zero-order chi connectivity index (χ0) is 8.81. The number of methoxy groups -OCH3 is 1. The van der Waals surface area contributed by atoms with E-state index in [2.05, 4.69) is 6.07 Å². The van der Waals surface area contributed by atoms with Crippen molar-refractivity contribution in [3.05, 3.63) is 0 Å². The van der Waals surface area contributed by atoms with E-state index in [-0.39, 0.29) is 5.92 Å². The third-order valence-corrected chi connectivity index (χ3v) is 2.73. The fourth-order valence-electron chi connectivity index (χ4n) is 1.99. The van der Waals surface area contributed by atoms with Gasteiger partial charge in [0, 0.05) is 7.11 Å². The highest BCUT2D eigenvalue weighted by atomic mass is 16.5. The zero-order valence-corrected chi connectivity index (χ0v) is 7.75. The van der Waals surface area contributed by atoms with Crippen molar-refractivity contribution >= 4 is 0 Å². The number of nitrogens with zero attached hydrogens (tertiary/aromatic N) is 1. The Labute approximate surface area is 74.5 Å². The maximum atomic E-state index is 8.88. The van der Waals surface area contributed by atoms with Crippen LogP contribution >= 0.6 is 0 Å². The van der Waals surface area contributed by atoms with Crippen LogP contribution in [0.25, 0.3) is 0 Å². The molecule has 2 nitrogen and oxygen atoms in total. The van der Waals surface area contributed by atoms with Gasteiger partial charge in [-0.05, 0) is 18.8 Å². The Morgan fingerprint density at radius 2 is 2.08 bits per heavy atom. The molecule has 0 radical (unpaired) electrons. The van der Waals surface area contributed by atoms with Gasteiger partial charge in [-0.3, -0.25) is 0 Å². The van der Waals surface area contributed by atoms with E-state index in [4.69, 9.17) is 10.00 Å². The Bertz CT molecular complexity index is 156. The molecule has 0 unspecified atom stereocenters. The third kappa shape index (κ3) is 2.49. The summed E-state index contributed by atoms with van der Waals surface area (Å²) in [6, 6.07) is 2.35. The average Bonchev–Trinajstić information content (AvgIpc) is 2.15. The summed E-state index contributed by atoms with van der Waals surface area (Å²) < 4.78 is 5.03. The van der Waals surface area contributed by atoms with Gasteiger partial charge in [0.2, 0.25) is 0 Å². The van der Waals surface area contributed by atoms with Crippen LogP contribution in [-0.4, -0.2) is 13.7 Å². The predicted octanol–water partition coefficient (Wildman–Crippen LogP) is 2.35. The van der Waals surface area contributed by atoms with Crippen LogP contribution in [0, 0.1) is 23.2 Å². The highest BCUT2D eigenvalue weighted by Crippen LogP contribution is 2.29. The molecule has 0 spiro atoms. The van der Waals surface area contributed by atoms with Crippen molar-refractivity contribution in [2.45, 2.75) is 32.1 Å². The topological polar surface area (TPSA) is 33.0 Å². The summed E-state index contributed by atoms with van der Waals surface area (Å²) in [7, 11) is 1.67. The van der Waals surface area contributed by atoms with Crippen molar-refractivity contribution < 1.29 is 4.74 Å². The van der Waals surface area contributed by atoms with Crippen LogP contribution in [0.2, 0.25) is 0 Å². The summed E-state index contributed by atoms with van der Waals surface area (Å²) in [5, 5.41) is 8.88. The molecule has 0 heterocycles. The molecule has 1 saturated carbocycles. The normalized spacial score (nSPS) is 21.7. The lowest BCUT2D eigenvalue weighted by atomic mass is 9.81. The first-order valence-corrected chi connectivity index (χ1v) is 4.77. The van der Waals surface area contributed by atoms with Crippen molar-refractivity contribution in [2.75, 3.05) is 13.7 Å². The van der Waals surface area contributed by atoms with Gasteiger partial charge in [0.05, 0.1) is 18.6 Å². The first-order chi connectivity index (χ1) is 5.88. The molecule has 1 fully saturated rings. The fourth-order valence-corrected chi connectivity index (χ4v) is 1.99. The highest BCUT2D eigenvalue weighted by molar-refractivity contribution is 4.89. The molecule has 1 atom stereocenters. The lowest BCUT2D eigenvalue weighted by molar-refractivity contribution is 0.132. The van der Waals surface area contributed by atoms with Crippen molar-refractivity contribution in [1.82, 2.24) is 0 Å². The lowest BCUT2D eigenvalue weighted by Gasteiger charge is -2.25. The average molecular weight is 167 g/mol. The molecule has 1 rings (SSSR count). The molecular formula is C10H17NO. The van der Waals surface area contributed by atoms with Gasteiger partial charge in [-0.2, -0.15) is 5.26 Å². The first-order valence-electron chi connectivity index (χ1n) is 4.77. The molecule has 0 aliphatic heterocycles. The molecule has 68 valence electrons. The molecule has 2 heteroatoms. The Morgan fingerprint density at radius 3 is 2.58 bits per heavy atom. The predicted molar refractivity (Wildman–Crippen MR) is 47.6 cm³/mol. The Balaban J connectivity index is 2.36. The Kier molecular flexibility index (Phi) is 4.10. The van der Waals surface area contributed by atoms with Crippen LogP contribution in [0.3, 0.4) is 0 Å². The number of rotatable bonds is 3. The molecule has 0 N–H and O–H groups in total. The van der Waals surface area contributed by atoms with Gasteiger partial charge in [-0.15, -0.1) is 0 Å². The van der Waals surface area contributed by atoms with Crippen LogP contribution in [-0.2, 0) is 4.74 Å². The van der Waals surface area contributed by atoms with Gasteiger partial charge in [-0.25, -0.2) is 0 Å². The SMILES string of the molecule is COC[C@@H](C#N)C1CCCCC1. The van der Waals surface area contributed by atoms with E-state index in [0.29, 0.717) is 12.5 Å². The molecule has 0 amide bonds. The second-order valence-electron chi connectivity index (χ2n) is 3.59. The third-order valence-electron chi connectivity index (χ3n) is 2.73. The summed E-state index contributed by atoms with van der Waals surface area (Å²) in [5.41, 5.74) is 0. The Morgan fingerprint density at radius 1 is 1.42 bits per heavy atom. The summed E-state index contributed by atoms with van der Waals surface area (Å²) >= 11 is 0. The standard InChI is InChI=1S/C10H17NO/c1-12-8-10(7-11)9-5-3-2-4-6-9/h9-10H,2-6,8H2,1H3/t10-/m1/s1. The molecule has 0 aromatic rings. The molecular weight excluding hydrogens is 150 g/mol. The lowest BCUT2D eigenvalue weighted by Crippen LogP contribution is -2.20. The van der Waals surface area contributed by atoms with Gasteiger partial charge in [0.1, 0.15) is 0 Å². The van der Waals surface area contributed by atoms with E-state index in [0.717, 1.165) is 0 Å². The van der Waals surface area contributed by atoms with E-state index >= 15 is 0 Å². The van der Waals surface area contributed by atoms with Crippen LogP contribution in [0.1, 0.15) is 32.1 Å². The number of ether oxygens (including phenoxy) is 1. The first kappa shape index (κ1) is 9.54. The molecule has 0 aromatic carbocycles. The summed E-state index contributed by atoms with van der Waals surface area (Å²) in [4.78, 5) is 0. The highest BCUT2D eigenvalue weighted by Gasteiger charge is 2.22. The minimum Gasteiger partial charge on any atom is -0.383 e. The van der Waals surface area contributed by atoms with Gasteiger partial charge < -0.3 is 4.74 Å². The number of nitriles is 1. The molecule has 0 saturated heterocycles. The monoisotopic (exact) mass is 167 g/mol. The van der Waals surface area contributed by atoms with Crippen LogP contribution in [0.4, 0.5) is 0 Å². The van der Waals surface area contributed by atoms with Crippen molar-refractivity contribution in [1.29, 1.82) is 5.26 Å². The molecule has 0 bridgehead atoms. The van der Waals surface area contributed by atoms with E-state index in [1.807, 2.05) is 0 Å². The van der Waals surface area contributed by atoms with Crippen molar-refractivity contribution in [2.24, 2.45) is 11.8 Å². The quantitative estimate of drug-likeness (QED) is 0.646. The van der Waals surface area contributed by atoms with E-state index in [9.17, 15) is 0 Å². The van der Waals surface area contributed by atoms with Gasteiger partial charge in [0.25, 0.3) is 0 Å². The van der Waals surface area contributed by atoms with Crippen LogP contribution in [0.15, 0.2) is 0 Å². The second-order valence-corrected chi connectivity index (χ2v) is 3.59. The van der Waals surface area contributed by atoms with E-state index in [1.165, 1.54) is 32.1 Å². The van der Waals surface area contributed by atoms with Gasteiger partial charge in [0.15, 0.2) is 0 Å². The number of hydrogen-bond acceptors (Lipinski definition) is 2. The summed E-state index contributed by atoms with van der Waals surface area (Å²) in [6.07, 6.45) is 6.39.